The van der Waals surface area contributed by atoms with Crippen LogP contribution >= 0.6 is 0 Å². The number of primary amides is 1. The number of nitrogens with one attached hydrogen (secondary N) is 1. The molecule has 11 heteroatoms. The predicted octanol–water partition coefficient (Wildman–Crippen LogP) is 3.10. The van der Waals surface area contributed by atoms with Crippen molar-refractivity contribution in [3.8, 4) is 17.0 Å². The SMILES string of the molecule is Cc1c(NC(=O)COc2cccnn2)cccc1-c1ccc(C(N)=O)c2c1C=C(C1=CCN(S(C)(=O)=O)CC1)C2. The van der Waals surface area contributed by atoms with Crippen LogP contribution in [0.15, 0.2) is 65.9 Å². The first kappa shape index (κ1) is 27.2. The summed E-state index contributed by atoms with van der Waals surface area (Å²) in [6, 6.07) is 12.6. The van der Waals surface area contributed by atoms with Crippen molar-refractivity contribution in [1.29, 1.82) is 0 Å². The molecule has 1 aromatic heterocycles. The summed E-state index contributed by atoms with van der Waals surface area (Å²) in [5, 5.41) is 10.4. The van der Waals surface area contributed by atoms with Gasteiger partial charge in [0.05, 0.1) is 6.26 Å². The lowest BCUT2D eigenvalue weighted by Crippen LogP contribution is -2.34. The Morgan fingerprint density at radius 3 is 2.60 bits per heavy atom. The van der Waals surface area contributed by atoms with Gasteiger partial charge in [0.25, 0.3) is 5.91 Å². The number of anilines is 1. The van der Waals surface area contributed by atoms with Crippen LogP contribution in [-0.2, 0) is 21.2 Å². The smallest absolute Gasteiger partial charge is 0.262 e. The lowest BCUT2D eigenvalue weighted by molar-refractivity contribution is -0.118. The zero-order chi connectivity index (χ0) is 28.4. The molecule has 0 spiro atoms. The van der Waals surface area contributed by atoms with E-state index in [1.165, 1.54) is 16.8 Å². The van der Waals surface area contributed by atoms with Crippen molar-refractivity contribution >= 4 is 33.6 Å². The number of hydrogen-bond donors (Lipinski definition) is 2. The van der Waals surface area contributed by atoms with E-state index in [1.54, 1.807) is 18.2 Å². The quantitative estimate of drug-likeness (QED) is 0.431. The van der Waals surface area contributed by atoms with E-state index in [2.05, 4.69) is 21.6 Å². The highest BCUT2D eigenvalue weighted by molar-refractivity contribution is 7.88. The Balaban J connectivity index is 1.44. The summed E-state index contributed by atoms with van der Waals surface area (Å²) >= 11 is 0. The zero-order valence-electron chi connectivity index (χ0n) is 22.2. The van der Waals surface area contributed by atoms with Crippen molar-refractivity contribution in [2.24, 2.45) is 5.73 Å². The molecular formula is C29H29N5O5S. The maximum Gasteiger partial charge on any atom is 0.262 e. The highest BCUT2D eigenvalue weighted by atomic mass is 32.2. The van der Waals surface area contributed by atoms with Crippen LogP contribution in [0.25, 0.3) is 17.2 Å². The maximum absolute atomic E-state index is 12.6. The molecule has 1 aliphatic heterocycles. The number of carbonyl (C=O) groups excluding carboxylic acids is 2. The van der Waals surface area contributed by atoms with Gasteiger partial charge in [0.1, 0.15) is 0 Å². The van der Waals surface area contributed by atoms with Gasteiger partial charge in [-0.05, 0) is 76.9 Å². The topological polar surface area (TPSA) is 145 Å². The van der Waals surface area contributed by atoms with Crippen LogP contribution in [-0.4, -0.2) is 60.7 Å². The van der Waals surface area contributed by atoms with Crippen LogP contribution in [0.2, 0.25) is 0 Å². The number of carbonyl (C=O) groups is 2. The Morgan fingerprint density at radius 1 is 1.10 bits per heavy atom. The second-order valence-corrected chi connectivity index (χ2v) is 11.7. The number of hydrogen-bond acceptors (Lipinski definition) is 7. The minimum absolute atomic E-state index is 0.219. The first-order valence-electron chi connectivity index (χ1n) is 12.7. The van der Waals surface area contributed by atoms with E-state index in [-0.39, 0.29) is 18.4 Å². The molecule has 0 atom stereocenters. The molecule has 2 aromatic carbocycles. The third-order valence-electron chi connectivity index (χ3n) is 7.16. The molecule has 206 valence electrons. The maximum atomic E-state index is 12.6. The molecule has 0 saturated carbocycles. The fourth-order valence-corrected chi connectivity index (χ4v) is 5.87. The standard InChI is InChI=1S/C29H29N5O5S/c1-18-21(5-3-6-26(18)32-27(35)17-39-28-7-4-12-31-33-28)22-8-9-23(29(30)36)25-16-20(15-24(22)25)19-10-13-34(14-11-19)40(2,37)38/h3-10,12,15H,11,13-14,16-17H2,1-2H3,(H2,30,36)(H,32,35). The zero-order valence-corrected chi connectivity index (χ0v) is 23.0. The molecule has 2 aliphatic rings. The summed E-state index contributed by atoms with van der Waals surface area (Å²) in [6.45, 7) is 2.43. The van der Waals surface area contributed by atoms with E-state index < -0.39 is 15.9 Å². The molecule has 0 unspecified atom stereocenters. The van der Waals surface area contributed by atoms with Gasteiger partial charge in [0.15, 0.2) is 6.61 Å². The molecule has 3 N–H and O–H groups in total. The van der Waals surface area contributed by atoms with E-state index in [1.807, 2.05) is 37.3 Å². The lowest BCUT2D eigenvalue weighted by atomic mass is 9.90. The average molecular weight is 560 g/mol. The number of aromatic nitrogens is 2. The molecule has 3 aromatic rings. The lowest BCUT2D eigenvalue weighted by Gasteiger charge is -2.24. The van der Waals surface area contributed by atoms with Crippen LogP contribution in [0, 0.1) is 6.92 Å². The number of amides is 2. The molecule has 1 aliphatic carbocycles. The highest BCUT2D eigenvalue weighted by Gasteiger charge is 2.27. The normalized spacial score (nSPS) is 15.2. The van der Waals surface area contributed by atoms with Gasteiger partial charge in [0, 0.05) is 36.6 Å². The van der Waals surface area contributed by atoms with E-state index in [0.717, 1.165) is 39.0 Å². The molecular weight excluding hydrogens is 530 g/mol. The Kier molecular flexibility index (Phi) is 7.51. The van der Waals surface area contributed by atoms with Gasteiger partial charge in [-0.1, -0.05) is 30.4 Å². The molecule has 0 bridgehead atoms. The van der Waals surface area contributed by atoms with Gasteiger partial charge in [0.2, 0.25) is 21.8 Å². The molecule has 0 fully saturated rings. The molecule has 0 radical (unpaired) electrons. The number of ether oxygens (including phenoxy) is 1. The molecule has 0 saturated heterocycles. The fourth-order valence-electron chi connectivity index (χ4n) is 5.10. The van der Waals surface area contributed by atoms with Crippen LogP contribution < -0.4 is 15.8 Å². The minimum atomic E-state index is -3.26. The number of rotatable bonds is 8. The summed E-state index contributed by atoms with van der Waals surface area (Å²) in [6.07, 6.45) is 7.86. The van der Waals surface area contributed by atoms with E-state index in [0.29, 0.717) is 37.2 Å². The van der Waals surface area contributed by atoms with Crippen molar-refractivity contribution in [2.75, 3.05) is 31.3 Å². The Bertz CT molecular complexity index is 1670. The van der Waals surface area contributed by atoms with E-state index >= 15 is 0 Å². The molecule has 2 amide bonds. The highest BCUT2D eigenvalue weighted by Crippen LogP contribution is 2.41. The fraction of sp³-hybridized carbons (Fsp3) is 0.241. The number of nitrogens with zero attached hydrogens (tertiary/aromatic N) is 3. The number of sulfonamides is 1. The summed E-state index contributed by atoms with van der Waals surface area (Å²) in [5.41, 5.74) is 13.3. The van der Waals surface area contributed by atoms with Crippen LogP contribution in [0.4, 0.5) is 5.69 Å². The average Bonchev–Trinajstić information content (AvgIpc) is 3.38. The van der Waals surface area contributed by atoms with Gasteiger partial charge in [-0.15, -0.1) is 5.10 Å². The largest absolute Gasteiger partial charge is 0.466 e. The number of fused-ring (bicyclic) bond motifs is 1. The van der Waals surface area contributed by atoms with Crippen LogP contribution in [0.5, 0.6) is 5.88 Å². The van der Waals surface area contributed by atoms with Crippen LogP contribution in [0.3, 0.4) is 0 Å². The van der Waals surface area contributed by atoms with Gasteiger partial charge >= 0.3 is 0 Å². The second-order valence-electron chi connectivity index (χ2n) is 9.74. The number of nitrogens with two attached hydrogens (primary N) is 1. The second kappa shape index (κ2) is 11.0. The summed E-state index contributed by atoms with van der Waals surface area (Å²) in [4.78, 5) is 24.9. The Hall–Kier alpha value is -4.35. The minimum Gasteiger partial charge on any atom is -0.466 e. The first-order valence-corrected chi connectivity index (χ1v) is 14.6. The molecule has 10 nitrogen and oxygen atoms in total. The van der Waals surface area contributed by atoms with Crippen molar-refractivity contribution in [3.05, 3.63) is 88.1 Å². The first-order chi connectivity index (χ1) is 19.1. The molecule has 5 rings (SSSR count). The molecule has 40 heavy (non-hydrogen) atoms. The predicted molar refractivity (Wildman–Crippen MR) is 152 cm³/mol. The van der Waals surface area contributed by atoms with Crippen molar-refractivity contribution in [1.82, 2.24) is 14.5 Å². The van der Waals surface area contributed by atoms with Crippen LogP contribution in [0.1, 0.15) is 33.5 Å². The summed E-state index contributed by atoms with van der Waals surface area (Å²) in [7, 11) is -3.26. The van der Waals surface area contributed by atoms with E-state index in [4.69, 9.17) is 10.5 Å². The van der Waals surface area contributed by atoms with Gasteiger partial charge < -0.3 is 15.8 Å². The monoisotopic (exact) mass is 559 g/mol. The van der Waals surface area contributed by atoms with E-state index in [9.17, 15) is 18.0 Å². The Morgan fingerprint density at radius 2 is 1.93 bits per heavy atom. The number of benzene rings is 2. The van der Waals surface area contributed by atoms with Gasteiger partial charge in [-0.3, -0.25) is 9.59 Å². The number of allylic oxidation sites excluding steroid dienone is 1. The third-order valence-corrected chi connectivity index (χ3v) is 8.43. The Labute approximate surface area is 232 Å². The van der Waals surface area contributed by atoms with Gasteiger partial charge in [-0.25, -0.2) is 8.42 Å². The molecule has 2 heterocycles. The van der Waals surface area contributed by atoms with Gasteiger partial charge in [-0.2, -0.15) is 9.40 Å². The van der Waals surface area contributed by atoms with Crippen molar-refractivity contribution < 1.29 is 22.7 Å². The summed E-state index contributed by atoms with van der Waals surface area (Å²) in [5.74, 6) is -0.582. The third kappa shape index (κ3) is 5.65. The van der Waals surface area contributed by atoms with Crippen molar-refractivity contribution in [3.63, 3.8) is 0 Å². The van der Waals surface area contributed by atoms with Crippen molar-refractivity contribution in [2.45, 2.75) is 19.8 Å². The summed E-state index contributed by atoms with van der Waals surface area (Å²) < 4.78 is 30.7.